The largest absolute Gasteiger partial charge is 0.367 e. The zero-order valence-electron chi connectivity index (χ0n) is 16.2. The molecule has 2 fully saturated rings. The topological polar surface area (TPSA) is 44.3 Å². The summed E-state index contributed by atoms with van der Waals surface area (Å²) in [6, 6.07) is 13.3. The Morgan fingerprint density at radius 3 is 2.37 bits per heavy atom. The van der Waals surface area contributed by atoms with Crippen LogP contribution < -0.4 is 10.2 Å². The molecule has 1 saturated heterocycles. The Morgan fingerprint density at radius 1 is 0.889 bits per heavy atom. The van der Waals surface area contributed by atoms with Gasteiger partial charge in [-0.1, -0.05) is 56.0 Å². The van der Waals surface area contributed by atoms with Gasteiger partial charge in [-0.2, -0.15) is 4.98 Å². The van der Waals surface area contributed by atoms with Gasteiger partial charge in [-0.25, -0.2) is 4.98 Å². The molecule has 2 heterocycles. The Morgan fingerprint density at radius 2 is 1.63 bits per heavy atom. The molecule has 2 aliphatic rings. The lowest BCUT2D eigenvalue weighted by molar-refractivity contribution is 0.248. The van der Waals surface area contributed by atoms with Gasteiger partial charge in [0, 0.05) is 45.0 Å². The van der Waals surface area contributed by atoms with Gasteiger partial charge in [0.1, 0.15) is 5.82 Å². The third kappa shape index (κ3) is 5.19. The number of rotatable bonds is 5. The van der Waals surface area contributed by atoms with Crippen LogP contribution >= 0.6 is 0 Å². The second kappa shape index (κ2) is 9.18. The van der Waals surface area contributed by atoms with Crippen LogP contribution in [-0.4, -0.2) is 47.1 Å². The quantitative estimate of drug-likeness (QED) is 0.813. The van der Waals surface area contributed by atoms with Gasteiger partial charge in [0.15, 0.2) is 0 Å². The highest BCUT2D eigenvalue weighted by Crippen LogP contribution is 2.21. The fraction of sp³-hybridized carbons (Fsp3) is 0.545. The third-order valence-electron chi connectivity index (χ3n) is 5.75. The molecule has 1 aliphatic carbocycles. The molecule has 1 aromatic carbocycles. The standard InChI is InChI=1S/C22H31N5/c1-2-7-11-20(10-6-1)24-21-12-13-23-22(25-21)27-16-14-26(15-17-27)18-19-8-4-3-5-9-19/h3-5,8-9,12-13,20H,1-2,6-7,10-11,14-18H2,(H,23,24,25). The van der Waals surface area contributed by atoms with Crippen molar-refractivity contribution in [2.75, 3.05) is 36.4 Å². The molecule has 0 radical (unpaired) electrons. The molecule has 5 nitrogen and oxygen atoms in total. The smallest absolute Gasteiger partial charge is 0.227 e. The van der Waals surface area contributed by atoms with Crippen LogP contribution in [0, 0.1) is 0 Å². The third-order valence-corrected chi connectivity index (χ3v) is 5.75. The molecule has 1 N–H and O–H groups in total. The highest BCUT2D eigenvalue weighted by atomic mass is 15.3. The highest BCUT2D eigenvalue weighted by molar-refractivity contribution is 5.42. The van der Waals surface area contributed by atoms with Crippen molar-refractivity contribution in [3.8, 4) is 0 Å². The van der Waals surface area contributed by atoms with E-state index in [1.807, 2.05) is 12.3 Å². The van der Waals surface area contributed by atoms with Gasteiger partial charge in [0.05, 0.1) is 0 Å². The second-order valence-electron chi connectivity index (χ2n) is 7.82. The predicted molar refractivity (Wildman–Crippen MR) is 111 cm³/mol. The second-order valence-corrected chi connectivity index (χ2v) is 7.82. The lowest BCUT2D eigenvalue weighted by Crippen LogP contribution is -2.46. The zero-order chi connectivity index (χ0) is 18.3. The van der Waals surface area contributed by atoms with E-state index in [0.29, 0.717) is 6.04 Å². The van der Waals surface area contributed by atoms with Crippen molar-refractivity contribution < 1.29 is 0 Å². The SMILES string of the molecule is c1ccc(CN2CCN(c3nccc(NC4CCCCCC4)n3)CC2)cc1. The Hall–Kier alpha value is -2.14. The van der Waals surface area contributed by atoms with Gasteiger partial charge in [-0.3, -0.25) is 4.90 Å². The highest BCUT2D eigenvalue weighted by Gasteiger charge is 2.20. The number of aromatic nitrogens is 2. The van der Waals surface area contributed by atoms with Crippen LogP contribution in [0.5, 0.6) is 0 Å². The summed E-state index contributed by atoms with van der Waals surface area (Å²) in [5.41, 5.74) is 1.39. The van der Waals surface area contributed by atoms with E-state index in [1.54, 1.807) is 0 Å². The lowest BCUT2D eigenvalue weighted by Gasteiger charge is -2.34. The minimum atomic E-state index is 0.568. The molecule has 4 rings (SSSR count). The maximum absolute atomic E-state index is 4.82. The van der Waals surface area contributed by atoms with Gasteiger partial charge < -0.3 is 10.2 Å². The average molecular weight is 366 g/mol. The molecule has 0 amide bonds. The van der Waals surface area contributed by atoms with Crippen LogP contribution in [0.1, 0.15) is 44.1 Å². The minimum Gasteiger partial charge on any atom is -0.367 e. The number of benzene rings is 1. The van der Waals surface area contributed by atoms with Crippen molar-refractivity contribution in [3.05, 3.63) is 48.2 Å². The van der Waals surface area contributed by atoms with Crippen molar-refractivity contribution in [2.24, 2.45) is 0 Å². The molecule has 0 bridgehead atoms. The summed E-state index contributed by atoms with van der Waals surface area (Å²) in [7, 11) is 0. The summed E-state index contributed by atoms with van der Waals surface area (Å²) in [5, 5.41) is 3.65. The number of hydrogen-bond acceptors (Lipinski definition) is 5. The Labute approximate surface area is 162 Å². The van der Waals surface area contributed by atoms with E-state index in [0.717, 1.165) is 44.5 Å². The first kappa shape index (κ1) is 18.2. The maximum atomic E-state index is 4.82. The Bertz CT molecular complexity index is 689. The first-order valence-electron chi connectivity index (χ1n) is 10.5. The first-order chi connectivity index (χ1) is 13.4. The van der Waals surface area contributed by atoms with E-state index >= 15 is 0 Å². The van der Waals surface area contributed by atoms with Crippen LogP contribution in [0.4, 0.5) is 11.8 Å². The Balaban J connectivity index is 1.31. The van der Waals surface area contributed by atoms with Crippen molar-refractivity contribution >= 4 is 11.8 Å². The summed E-state index contributed by atoms with van der Waals surface area (Å²) < 4.78 is 0. The van der Waals surface area contributed by atoms with E-state index in [1.165, 1.54) is 44.1 Å². The molecule has 27 heavy (non-hydrogen) atoms. The summed E-state index contributed by atoms with van der Waals surface area (Å²) in [6.45, 7) is 5.11. The number of nitrogens with one attached hydrogen (secondary N) is 1. The number of piperazine rings is 1. The molecular formula is C22H31N5. The van der Waals surface area contributed by atoms with Gasteiger partial charge >= 0.3 is 0 Å². The van der Waals surface area contributed by atoms with Crippen molar-refractivity contribution in [1.29, 1.82) is 0 Å². The van der Waals surface area contributed by atoms with Crippen LogP contribution in [-0.2, 0) is 6.54 Å². The molecule has 1 aromatic heterocycles. The van der Waals surface area contributed by atoms with Gasteiger partial charge in [0.25, 0.3) is 0 Å². The molecule has 0 spiro atoms. The summed E-state index contributed by atoms with van der Waals surface area (Å²) in [6.07, 6.45) is 9.84. The van der Waals surface area contributed by atoms with Crippen molar-refractivity contribution in [2.45, 2.75) is 51.1 Å². The summed E-state index contributed by atoms with van der Waals surface area (Å²) in [5.74, 6) is 1.85. The van der Waals surface area contributed by atoms with Crippen LogP contribution in [0.2, 0.25) is 0 Å². The molecular weight excluding hydrogens is 334 g/mol. The van der Waals surface area contributed by atoms with E-state index in [9.17, 15) is 0 Å². The van der Waals surface area contributed by atoms with Crippen LogP contribution in [0.3, 0.4) is 0 Å². The van der Waals surface area contributed by atoms with E-state index < -0.39 is 0 Å². The van der Waals surface area contributed by atoms with E-state index in [4.69, 9.17) is 4.98 Å². The fourth-order valence-corrected chi connectivity index (χ4v) is 4.16. The van der Waals surface area contributed by atoms with Crippen molar-refractivity contribution in [1.82, 2.24) is 14.9 Å². The molecule has 1 saturated carbocycles. The summed E-state index contributed by atoms with van der Waals surface area (Å²) in [4.78, 5) is 14.2. The molecule has 1 aliphatic heterocycles. The van der Waals surface area contributed by atoms with Gasteiger partial charge in [-0.15, -0.1) is 0 Å². The first-order valence-corrected chi connectivity index (χ1v) is 10.5. The number of hydrogen-bond donors (Lipinski definition) is 1. The maximum Gasteiger partial charge on any atom is 0.227 e. The minimum absolute atomic E-state index is 0.568. The molecule has 5 heteroatoms. The normalized spacial score (nSPS) is 19.6. The molecule has 0 atom stereocenters. The summed E-state index contributed by atoms with van der Waals surface area (Å²) >= 11 is 0. The van der Waals surface area contributed by atoms with E-state index in [2.05, 4.69) is 50.4 Å². The Kier molecular flexibility index (Phi) is 6.20. The lowest BCUT2D eigenvalue weighted by atomic mass is 10.1. The van der Waals surface area contributed by atoms with Crippen LogP contribution in [0.25, 0.3) is 0 Å². The zero-order valence-corrected chi connectivity index (χ0v) is 16.2. The molecule has 2 aromatic rings. The van der Waals surface area contributed by atoms with Gasteiger partial charge in [-0.05, 0) is 24.5 Å². The number of anilines is 2. The van der Waals surface area contributed by atoms with E-state index in [-0.39, 0.29) is 0 Å². The van der Waals surface area contributed by atoms with Crippen LogP contribution in [0.15, 0.2) is 42.6 Å². The molecule has 0 unspecified atom stereocenters. The predicted octanol–water partition coefficient (Wildman–Crippen LogP) is 3.93. The van der Waals surface area contributed by atoms with Gasteiger partial charge in [0.2, 0.25) is 5.95 Å². The average Bonchev–Trinajstić information content (AvgIpc) is 2.98. The number of nitrogens with zero attached hydrogens (tertiary/aromatic N) is 4. The molecule has 144 valence electrons. The van der Waals surface area contributed by atoms with Crippen molar-refractivity contribution in [3.63, 3.8) is 0 Å². The fourth-order valence-electron chi connectivity index (χ4n) is 4.16. The monoisotopic (exact) mass is 365 g/mol.